The molecule has 46 heavy (non-hydrogen) atoms. The van der Waals surface area contributed by atoms with E-state index in [1.54, 1.807) is 0 Å². The SMILES string of the molecule is c1ccc2c(N(c3ccc4c(c3)oc3ccccc34)c3cccc4c3oc3cccc(-c5nc6ccccc6o5)c34)cccc2c1. The van der Waals surface area contributed by atoms with Crippen molar-refractivity contribution in [2.75, 3.05) is 4.90 Å². The van der Waals surface area contributed by atoms with Gasteiger partial charge in [-0.25, -0.2) is 4.98 Å². The molecular formula is C41H24N2O3. The Morgan fingerprint density at radius 3 is 2.09 bits per heavy atom. The van der Waals surface area contributed by atoms with E-state index in [4.69, 9.17) is 18.2 Å². The predicted octanol–water partition coefficient (Wildman–Crippen LogP) is 11.9. The summed E-state index contributed by atoms with van der Waals surface area (Å²) in [5, 5.41) is 6.44. The lowest BCUT2D eigenvalue weighted by Gasteiger charge is -2.26. The van der Waals surface area contributed by atoms with Gasteiger partial charge in [-0.15, -0.1) is 0 Å². The fraction of sp³-hybridized carbons (Fsp3) is 0. The van der Waals surface area contributed by atoms with E-state index >= 15 is 0 Å². The number of oxazole rings is 1. The van der Waals surface area contributed by atoms with E-state index in [1.165, 1.54) is 0 Å². The van der Waals surface area contributed by atoms with Crippen molar-refractivity contribution < 1.29 is 13.3 Å². The summed E-state index contributed by atoms with van der Waals surface area (Å²) in [6.45, 7) is 0. The Labute approximate surface area is 262 Å². The van der Waals surface area contributed by atoms with E-state index in [0.29, 0.717) is 5.89 Å². The first-order valence-corrected chi connectivity index (χ1v) is 15.3. The number of hydrogen-bond acceptors (Lipinski definition) is 5. The maximum Gasteiger partial charge on any atom is 0.228 e. The van der Waals surface area contributed by atoms with Crippen molar-refractivity contribution >= 4 is 82.8 Å². The number of furan rings is 2. The molecule has 0 unspecified atom stereocenters. The minimum absolute atomic E-state index is 0.571. The molecule has 10 aromatic rings. The summed E-state index contributed by atoms with van der Waals surface area (Å²) >= 11 is 0. The lowest BCUT2D eigenvalue weighted by atomic mass is 10.0. The fourth-order valence-electron chi connectivity index (χ4n) is 6.84. The highest BCUT2D eigenvalue weighted by Gasteiger charge is 2.24. The summed E-state index contributed by atoms with van der Waals surface area (Å²) < 4.78 is 19.4. The van der Waals surface area contributed by atoms with Crippen LogP contribution in [-0.2, 0) is 0 Å². The van der Waals surface area contributed by atoms with E-state index < -0.39 is 0 Å². The largest absolute Gasteiger partial charge is 0.456 e. The summed E-state index contributed by atoms with van der Waals surface area (Å²) in [7, 11) is 0. The van der Waals surface area contributed by atoms with Crippen LogP contribution in [0.25, 0.3) is 77.2 Å². The first-order chi connectivity index (χ1) is 22.8. The first kappa shape index (κ1) is 25.0. The minimum atomic E-state index is 0.571. The zero-order chi connectivity index (χ0) is 30.2. The Hall–Kier alpha value is -6.33. The van der Waals surface area contributed by atoms with Crippen molar-refractivity contribution in [3.63, 3.8) is 0 Å². The molecule has 0 saturated carbocycles. The molecule has 0 saturated heterocycles. The van der Waals surface area contributed by atoms with Gasteiger partial charge in [0.25, 0.3) is 0 Å². The Kier molecular flexibility index (Phi) is 5.22. The van der Waals surface area contributed by atoms with Crippen LogP contribution >= 0.6 is 0 Å². The number of aromatic nitrogens is 1. The number of benzene rings is 7. The zero-order valence-corrected chi connectivity index (χ0v) is 24.5. The van der Waals surface area contributed by atoms with E-state index in [0.717, 1.165) is 88.4 Å². The van der Waals surface area contributed by atoms with Crippen molar-refractivity contribution in [3.05, 3.63) is 146 Å². The molecular weight excluding hydrogens is 568 g/mol. The normalized spacial score (nSPS) is 11.9. The average Bonchev–Trinajstić information content (AvgIpc) is 3.82. The van der Waals surface area contributed by atoms with Gasteiger partial charge in [0.2, 0.25) is 5.89 Å². The van der Waals surface area contributed by atoms with Gasteiger partial charge >= 0.3 is 0 Å². The zero-order valence-electron chi connectivity index (χ0n) is 24.5. The first-order valence-electron chi connectivity index (χ1n) is 15.3. The van der Waals surface area contributed by atoms with Crippen molar-refractivity contribution in [2.24, 2.45) is 0 Å². The van der Waals surface area contributed by atoms with Crippen molar-refractivity contribution in [1.82, 2.24) is 4.98 Å². The highest BCUT2D eigenvalue weighted by molar-refractivity contribution is 6.16. The molecule has 5 nitrogen and oxygen atoms in total. The molecule has 0 aliphatic rings. The number of rotatable bonds is 4. The summed E-state index contributed by atoms with van der Waals surface area (Å²) in [6.07, 6.45) is 0. The van der Waals surface area contributed by atoms with Crippen LogP contribution in [0.4, 0.5) is 17.1 Å². The summed E-state index contributed by atoms with van der Waals surface area (Å²) in [6, 6.07) is 49.7. The molecule has 0 atom stereocenters. The van der Waals surface area contributed by atoms with Crippen LogP contribution in [0.3, 0.4) is 0 Å². The molecule has 7 aromatic carbocycles. The van der Waals surface area contributed by atoms with Gasteiger partial charge < -0.3 is 18.2 Å². The average molecular weight is 593 g/mol. The second-order valence-electron chi connectivity index (χ2n) is 11.5. The highest BCUT2D eigenvalue weighted by atomic mass is 16.4. The lowest BCUT2D eigenvalue weighted by molar-refractivity contribution is 0.620. The number of anilines is 3. The fourth-order valence-corrected chi connectivity index (χ4v) is 6.84. The third-order valence-electron chi connectivity index (χ3n) is 8.90. The molecule has 3 heterocycles. The van der Waals surface area contributed by atoms with Crippen LogP contribution in [0.1, 0.15) is 0 Å². The predicted molar refractivity (Wildman–Crippen MR) is 186 cm³/mol. The van der Waals surface area contributed by atoms with Gasteiger partial charge in [-0.3, -0.25) is 0 Å². The van der Waals surface area contributed by atoms with Crippen molar-refractivity contribution in [2.45, 2.75) is 0 Å². The molecule has 10 rings (SSSR count). The molecule has 0 bridgehead atoms. The second-order valence-corrected chi connectivity index (χ2v) is 11.5. The Morgan fingerprint density at radius 1 is 0.457 bits per heavy atom. The number of nitrogens with zero attached hydrogens (tertiary/aromatic N) is 2. The van der Waals surface area contributed by atoms with Gasteiger partial charge in [0.1, 0.15) is 22.3 Å². The summed E-state index contributed by atoms with van der Waals surface area (Å²) in [5.74, 6) is 0.571. The topological polar surface area (TPSA) is 55.6 Å². The van der Waals surface area contributed by atoms with E-state index in [1.807, 2.05) is 60.7 Å². The maximum atomic E-state index is 6.76. The number of fused-ring (bicyclic) bond motifs is 8. The van der Waals surface area contributed by atoms with Gasteiger partial charge in [-0.05, 0) is 60.0 Å². The monoisotopic (exact) mass is 592 g/mol. The smallest absolute Gasteiger partial charge is 0.228 e. The van der Waals surface area contributed by atoms with Crippen LogP contribution in [0.15, 0.2) is 159 Å². The standard InChI is InChI=1S/C41H24N2O3/c1-2-12-27-25(10-1)11-7-17-33(27)43(26-22-23-29-28-13-3-5-19-35(28)44-38(29)24-26)34-18-8-14-30-39-31(15-9-21-37(39)45-40(30)34)41-42-32-16-4-6-20-36(32)46-41/h1-24H. The third-order valence-corrected chi connectivity index (χ3v) is 8.90. The highest BCUT2D eigenvalue weighted by Crippen LogP contribution is 2.46. The third kappa shape index (κ3) is 3.66. The number of hydrogen-bond donors (Lipinski definition) is 0. The molecule has 5 heteroatoms. The molecule has 0 amide bonds. The molecule has 0 spiro atoms. The Morgan fingerprint density at radius 2 is 1.15 bits per heavy atom. The van der Waals surface area contributed by atoms with Gasteiger partial charge in [0.05, 0.1) is 17.1 Å². The molecule has 0 fully saturated rings. The molecule has 0 N–H and O–H groups in total. The maximum absolute atomic E-state index is 6.76. The molecule has 0 aliphatic heterocycles. The summed E-state index contributed by atoms with van der Waals surface area (Å²) in [4.78, 5) is 7.10. The van der Waals surface area contributed by atoms with E-state index in [2.05, 4.69) is 89.8 Å². The van der Waals surface area contributed by atoms with E-state index in [-0.39, 0.29) is 0 Å². The van der Waals surface area contributed by atoms with Crippen LogP contribution in [0.2, 0.25) is 0 Å². The molecule has 0 aliphatic carbocycles. The van der Waals surface area contributed by atoms with Gasteiger partial charge in [-0.1, -0.05) is 84.9 Å². The number of para-hydroxylation sites is 4. The molecule has 3 aromatic heterocycles. The van der Waals surface area contributed by atoms with E-state index in [9.17, 15) is 0 Å². The van der Waals surface area contributed by atoms with Crippen molar-refractivity contribution in [3.8, 4) is 11.5 Å². The van der Waals surface area contributed by atoms with Gasteiger partial charge in [0.15, 0.2) is 11.2 Å². The van der Waals surface area contributed by atoms with Gasteiger partial charge in [0, 0.05) is 38.6 Å². The quantitative estimate of drug-likeness (QED) is 0.203. The van der Waals surface area contributed by atoms with Crippen LogP contribution < -0.4 is 4.90 Å². The van der Waals surface area contributed by atoms with Crippen LogP contribution in [0, 0.1) is 0 Å². The minimum Gasteiger partial charge on any atom is -0.456 e. The lowest BCUT2D eigenvalue weighted by Crippen LogP contribution is -2.10. The molecule has 0 radical (unpaired) electrons. The summed E-state index contributed by atoms with van der Waals surface area (Å²) in [5.41, 5.74) is 8.66. The Bertz CT molecular complexity index is 2750. The van der Waals surface area contributed by atoms with Crippen molar-refractivity contribution in [1.29, 1.82) is 0 Å². The Balaban J connectivity index is 1.25. The second kappa shape index (κ2) is 9.58. The van der Waals surface area contributed by atoms with Gasteiger partial charge in [-0.2, -0.15) is 0 Å². The van der Waals surface area contributed by atoms with Crippen LogP contribution in [-0.4, -0.2) is 4.98 Å². The molecule has 216 valence electrons. The van der Waals surface area contributed by atoms with Crippen LogP contribution in [0.5, 0.6) is 0 Å².